The molecular formula is C12H17N3O5. The van der Waals surface area contributed by atoms with Gasteiger partial charge < -0.3 is 20.1 Å². The van der Waals surface area contributed by atoms with Gasteiger partial charge in [-0.05, 0) is 6.42 Å². The first-order chi connectivity index (χ1) is 9.52. The van der Waals surface area contributed by atoms with E-state index in [1.807, 2.05) is 0 Å². The molecule has 1 atom stereocenters. The molecule has 20 heavy (non-hydrogen) atoms. The molecule has 1 aromatic rings. The lowest BCUT2D eigenvalue weighted by molar-refractivity contribution is -0.145. The van der Waals surface area contributed by atoms with Gasteiger partial charge in [-0.15, -0.1) is 0 Å². The van der Waals surface area contributed by atoms with Crippen LogP contribution in [0, 0.1) is 0 Å². The molecule has 0 saturated heterocycles. The minimum Gasteiger partial charge on any atom is -0.481 e. The van der Waals surface area contributed by atoms with Crippen LogP contribution >= 0.6 is 0 Å². The number of ether oxygens (including phenoxy) is 1. The van der Waals surface area contributed by atoms with Crippen LogP contribution in [0.4, 0.5) is 0 Å². The number of hydrogen-bond acceptors (Lipinski definition) is 5. The summed E-state index contributed by atoms with van der Waals surface area (Å²) in [5.41, 5.74) is 0.617. The van der Waals surface area contributed by atoms with Gasteiger partial charge in [0.15, 0.2) is 0 Å². The van der Waals surface area contributed by atoms with E-state index in [0.29, 0.717) is 5.69 Å². The van der Waals surface area contributed by atoms with Crippen LogP contribution in [-0.4, -0.2) is 46.1 Å². The van der Waals surface area contributed by atoms with Crippen molar-refractivity contribution in [2.24, 2.45) is 0 Å². The number of aliphatic carboxylic acids is 1. The van der Waals surface area contributed by atoms with Crippen molar-refractivity contribution in [1.82, 2.24) is 15.3 Å². The summed E-state index contributed by atoms with van der Waals surface area (Å²) in [7, 11) is 1.23. The molecule has 0 aliphatic rings. The monoisotopic (exact) mass is 283 g/mol. The second-order valence-electron chi connectivity index (χ2n) is 4.16. The van der Waals surface area contributed by atoms with Crippen LogP contribution in [-0.2, 0) is 25.5 Å². The maximum Gasteiger partial charge on any atom is 0.328 e. The van der Waals surface area contributed by atoms with E-state index >= 15 is 0 Å². The molecule has 1 rings (SSSR count). The Kier molecular flexibility index (Phi) is 6.21. The van der Waals surface area contributed by atoms with Gasteiger partial charge in [0.2, 0.25) is 5.91 Å². The standard InChI is InChI=1S/C12H17N3O5/c1-20-12(19)9(5-8-6-13-7-14-8)15-10(16)3-2-4-11(17)18/h6-7,9H,2-5H2,1H3,(H,13,14)(H,15,16)(H,17,18). The second-order valence-corrected chi connectivity index (χ2v) is 4.16. The molecule has 0 aliphatic carbocycles. The van der Waals surface area contributed by atoms with Crippen molar-refractivity contribution in [3.8, 4) is 0 Å². The van der Waals surface area contributed by atoms with E-state index in [0.717, 1.165) is 0 Å². The molecule has 110 valence electrons. The summed E-state index contributed by atoms with van der Waals surface area (Å²) in [6.07, 6.45) is 3.47. The Bertz CT molecular complexity index is 458. The zero-order valence-corrected chi connectivity index (χ0v) is 11.1. The van der Waals surface area contributed by atoms with Gasteiger partial charge in [-0.25, -0.2) is 9.78 Å². The van der Waals surface area contributed by atoms with Gasteiger partial charge in [-0.1, -0.05) is 0 Å². The molecular weight excluding hydrogens is 266 g/mol. The number of aromatic nitrogens is 2. The zero-order valence-electron chi connectivity index (χ0n) is 11.1. The fourth-order valence-electron chi connectivity index (χ4n) is 1.61. The summed E-state index contributed by atoms with van der Waals surface area (Å²) in [6, 6.07) is -0.833. The molecule has 0 spiro atoms. The molecule has 0 fully saturated rings. The van der Waals surface area contributed by atoms with Gasteiger partial charge in [0.25, 0.3) is 0 Å². The molecule has 1 amide bonds. The third kappa shape index (κ3) is 5.51. The average molecular weight is 283 g/mol. The van der Waals surface area contributed by atoms with Crippen LogP contribution in [0.15, 0.2) is 12.5 Å². The minimum absolute atomic E-state index is 0.0420. The first-order valence-electron chi connectivity index (χ1n) is 6.09. The Morgan fingerprint density at radius 2 is 2.20 bits per heavy atom. The van der Waals surface area contributed by atoms with Crippen molar-refractivity contribution in [1.29, 1.82) is 0 Å². The number of carboxylic acid groups (broad SMARTS) is 1. The lowest BCUT2D eigenvalue weighted by Crippen LogP contribution is -2.43. The van der Waals surface area contributed by atoms with Crippen LogP contribution in [0.2, 0.25) is 0 Å². The highest BCUT2D eigenvalue weighted by Gasteiger charge is 2.22. The molecule has 0 radical (unpaired) electrons. The van der Waals surface area contributed by atoms with E-state index < -0.39 is 23.9 Å². The van der Waals surface area contributed by atoms with Crippen molar-refractivity contribution >= 4 is 17.8 Å². The van der Waals surface area contributed by atoms with Crippen LogP contribution in [0.3, 0.4) is 0 Å². The maximum absolute atomic E-state index is 11.6. The predicted octanol–water partition coefficient (Wildman–Crippen LogP) is -0.135. The number of hydrogen-bond donors (Lipinski definition) is 3. The fourth-order valence-corrected chi connectivity index (χ4v) is 1.61. The number of H-pyrrole nitrogens is 1. The molecule has 0 saturated carbocycles. The van der Waals surface area contributed by atoms with Crippen LogP contribution in [0.5, 0.6) is 0 Å². The lowest BCUT2D eigenvalue weighted by Gasteiger charge is -2.15. The number of rotatable bonds is 8. The third-order valence-electron chi connectivity index (χ3n) is 2.58. The Morgan fingerprint density at radius 3 is 2.75 bits per heavy atom. The summed E-state index contributed by atoms with van der Waals surface area (Å²) in [6.45, 7) is 0. The maximum atomic E-state index is 11.6. The highest BCUT2D eigenvalue weighted by atomic mass is 16.5. The van der Waals surface area contributed by atoms with Crippen molar-refractivity contribution in [2.75, 3.05) is 7.11 Å². The van der Waals surface area contributed by atoms with Crippen molar-refractivity contribution in [3.05, 3.63) is 18.2 Å². The van der Waals surface area contributed by atoms with Gasteiger partial charge in [0.05, 0.1) is 19.1 Å². The van der Waals surface area contributed by atoms with E-state index in [2.05, 4.69) is 20.0 Å². The molecule has 0 bridgehead atoms. The fraction of sp³-hybridized carbons (Fsp3) is 0.500. The number of carbonyl (C=O) groups excluding carboxylic acids is 2. The molecule has 1 aromatic heterocycles. The highest BCUT2D eigenvalue weighted by Crippen LogP contribution is 2.02. The first kappa shape index (κ1) is 15.7. The second kappa shape index (κ2) is 7.93. The van der Waals surface area contributed by atoms with Gasteiger partial charge in [0.1, 0.15) is 6.04 Å². The number of methoxy groups -OCH3 is 1. The lowest BCUT2D eigenvalue weighted by atomic mass is 10.1. The van der Waals surface area contributed by atoms with E-state index in [4.69, 9.17) is 5.11 Å². The van der Waals surface area contributed by atoms with E-state index in [1.54, 1.807) is 6.20 Å². The molecule has 1 unspecified atom stereocenters. The van der Waals surface area contributed by atoms with Crippen LogP contribution in [0.25, 0.3) is 0 Å². The quantitative estimate of drug-likeness (QED) is 0.571. The van der Waals surface area contributed by atoms with Crippen LogP contribution < -0.4 is 5.32 Å². The van der Waals surface area contributed by atoms with Gasteiger partial charge in [-0.3, -0.25) is 9.59 Å². The Hall–Kier alpha value is -2.38. The topological polar surface area (TPSA) is 121 Å². The number of esters is 1. The smallest absolute Gasteiger partial charge is 0.328 e. The number of aromatic amines is 1. The molecule has 0 aliphatic heterocycles. The van der Waals surface area contributed by atoms with Gasteiger partial charge >= 0.3 is 11.9 Å². The number of amides is 1. The minimum atomic E-state index is -0.959. The van der Waals surface area contributed by atoms with Gasteiger partial charge in [0, 0.05) is 25.5 Å². The van der Waals surface area contributed by atoms with Crippen molar-refractivity contribution < 1.29 is 24.2 Å². The molecule has 8 nitrogen and oxygen atoms in total. The normalized spacial score (nSPS) is 11.7. The highest BCUT2D eigenvalue weighted by molar-refractivity contribution is 5.84. The largest absolute Gasteiger partial charge is 0.481 e. The summed E-state index contributed by atoms with van der Waals surface area (Å²) in [5.74, 6) is -1.92. The van der Waals surface area contributed by atoms with Gasteiger partial charge in [-0.2, -0.15) is 0 Å². The Balaban J connectivity index is 2.49. The summed E-state index contributed by atoms with van der Waals surface area (Å²) in [5, 5.41) is 11.0. The number of carboxylic acids is 1. The number of carbonyl (C=O) groups is 3. The number of nitrogens with zero attached hydrogens (tertiary/aromatic N) is 1. The number of nitrogens with one attached hydrogen (secondary N) is 2. The summed E-state index contributed by atoms with van der Waals surface area (Å²) in [4.78, 5) is 40.3. The first-order valence-corrected chi connectivity index (χ1v) is 6.09. The number of imidazole rings is 1. The average Bonchev–Trinajstić information content (AvgIpc) is 2.89. The molecule has 8 heteroatoms. The zero-order chi connectivity index (χ0) is 15.0. The van der Waals surface area contributed by atoms with E-state index in [-0.39, 0.29) is 25.7 Å². The molecule has 0 aromatic carbocycles. The van der Waals surface area contributed by atoms with Crippen LogP contribution in [0.1, 0.15) is 25.0 Å². The van der Waals surface area contributed by atoms with Crippen molar-refractivity contribution in [2.45, 2.75) is 31.7 Å². The summed E-state index contributed by atoms with van der Waals surface area (Å²) >= 11 is 0. The van der Waals surface area contributed by atoms with E-state index in [9.17, 15) is 14.4 Å². The van der Waals surface area contributed by atoms with Crippen molar-refractivity contribution in [3.63, 3.8) is 0 Å². The Labute approximate surface area is 115 Å². The Morgan fingerprint density at radius 1 is 1.45 bits per heavy atom. The van der Waals surface area contributed by atoms with E-state index in [1.165, 1.54) is 13.4 Å². The SMILES string of the molecule is COC(=O)C(Cc1c[nH]cn1)NC(=O)CCCC(=O)O. The molecule has 1 heterocycles. The molecule has 3 N–H and O–H groups in total. The summed E-state index contributed by atoms with van der Waals surface area (Å²) < 4.78 is 4.62. The predicted molar refractivity (Wildman–Crippen MR) is 67.7 cm³/mol. The third-order valence-corrected chi connectivity index (χ3v) is 2.58.